The molecule has 1 aromatic heterocycles. The summed E-state index contributed by atoms with van der Waals surface area (Å²) >= 11 is 0. The molecule has 2 unspecified atom stereocenters. The molecule has 0 saturated carbocycles. The van der Waals surface area contributed by atoms with Gasteiger partial charge >= 0.3 is 5.97 Å². The van der Waals surface area contributed by atoms with Crippen LogP contribution in [0.1, 0.15) is 31.7 Å². The third kappa shape index (κ3) is 2.35. The number of carbonyl (C=O) groups is 1. The third-order valence-corrected chi connectivity index (χ3v) is 3.88. The Morgan fingerprint density at radius 2 is 2.33 bits per heavy atom. The highest BCUT2D eigenvalue weighted by molar-refractivity contribution is 5.78. The SMILES string of the molecule is CCn1c(C2CCC(C(=O)O)O2)nc2cc(OC)ccc21. The van der Waals surface area contributed by atoms with Crippen LogP contribution in [0.4, 0.5) is 0 Å². The Hall–Kier alpha value is -2.08. The Balaban J connectivity index is 2.00. The lowest BCUT2D eigenvalue weighted by Crippen LogP contribution is -2.19. The Kier molecular flexibility index (Phi) is 3.55. The molecule has 0 amide bonds. The minimum absolute atomic E-state index is 0.260. The summed E-state index contributed by atoms with van der Waals surface area (Å²) in [6.07, 6.45) is 0.215. The van der Waals surface area contributed by atoms with Crippen molar-refractivity contribution in [3.63, 3.8) is 0 Å². The van der Waals surface area contributed by atoms with E-state index < -0.39 is 12.1 Å². The van der Waals surface area contributed by atoms with Crippen LogP contribution in [0.3, 0.4) is 0 Å². The van der Waals surface area contributed by atoms with Gasteiger partial charge in [-0.05, 0) is 31.9 Å². The van der Waals surface area contributed by atoms with Gasteiger partial charge in [0.15, 0.2) is 6.10 Å². The summed E-state index contributed by atoms with van der Waals surface area (Å²) in [7, 11) is 1.62. The topological polar surface area (TPSA) is 73.6 Å². The van der Waals surface area contributed by atoms with Crippen molar-refractivity contribution in [1.82, 2.24) is 9.55 Å². The molecule has 1 aliphatic heterocycles. The zero-order valence-corrected chi connectivity index (χ0v) is 12.1. The van der Waals surface area contributed by atoms with Gasteiger partial charge in [0.25, 0.3) is 0 Å². The molecule has 0 bridgehead atoms. The van der Waals surface area contributed by atoms with E-state index in [1.807, 2.05) is 25.1 Å². The predicted octanol–water partition coefficient (Wildman–Crippen LogP) is 2.37. The van der Waals surface area contributed by atoms with E-state index >= 15 is 0 Å². The average Bonchev–Trinajstić information content (AvgIpc) is 3.10. The minimum Gasteiger partial charge on any atom is -0.497 e. The van der Waals surface area contributed by atoms with Gasteiger partial charge in [0.2, 0.25) is 0 Å². The molecule has 2 aromatic rings. The van der Waals surface area contributed by atoms with Gasteiger partial charge in [-0.3, -0.25) is 0 Å². The van der Waals surface area contributed by atoms with Gasteiger partial charge < -0.3 is 19.1 Å². The summed E-state index contributed by atoms with van der Waals surface area (Å²) in [5, 5.41) is 9.04. The van der Waals surface area contributed by atoms with Crippen molar-refractivity contribution in [1.29, 1.82) is 0 Å². The van der Waals surface area contributed by atoms with Crippen molar-refractivity contribution in [3.05, 3.63) is 24.0 Å². The van der Waals surface area contributed by atoms with E-state index in [0.717, 1.165) is 29.2 Å². The van der Waals surface area contributed by atoms with Crippen LogP contribution >= 0.6 is 0 Å². The van der Waals surface area contributed by atoms with E-state index in [-0.39, 0.29) is 6.10 Å². The van der Waals surface area contributed by atoms with Gasteiger partial charge in [0.1, 0.15) is 17.7 Å². The highest BCUT2D eigenvalue weighted by Gasteiger charge is 2.34. The molecule has 0 aliphatic carbocycles. The largest absolute Gasteiger partial charge is 0.497 e. The van der Waals surface area contributed by atoms with Crippen molar-refractivity contribution >= 4 is 17.0 Å². The highest BCUT2D eigenvalue weighted by atomic mass is 16.5. The number of carboxylic acids is 1. The molecular weight excluding hydrogens is 272 g/mol. The molecule has 1 fully saturated rings. The lowest BCUT2D eigenvalue weighted by atomic mass is 10.2. The van der Waals surface area contributed by atoms with E-state index in [1.54, 1.807) is 7.11 Å². The van der Waals surface area contributed by atoms with Crippen LogP contribution in [0.2, 0.25) is 0 Å². The highest BCUT2D eigenvalue weighted by Crippen LogP contribution is 2.34. The van der Waals surface area contributed by atoms with Crippen LogP contribution < -0.4 is 4.74 Å². The van der Waals surface area contributed by atoms with E-state index in [2.05, 4.69) is 9.55 Å². The number of fused-ring (bicyclic) bond motifs is 1. The van der Waals surface area contributed by atoms with Crippen LogP contribution in [-0.2, 0) is 16.1 Å². The summed E-state index contributed by atoms with van der Waals surface area (Å²) in [5.74, 6) is 0.647. The Morgan fingerprint density at radius 1 is 1.52 bits per heavy atom. The Labute approximate surface area is 122 Å². The fourth-order valence-electron chi connectivity index (χ4n) is 2.84. The van der Waals surface area contributed by atoms with Crippen molar-refractivity contribution in [3.8, 4) is 5.75 Å². The van der Waals surface area contributed by atoms with Gasteiger partial charge in [-0.2, -0.15) is 0 Å². The summed E-state index contributed by atoms with van der Waals surface area (Å²) in [6.45, 7) is 2.80. The first-order valence-electron chi connectivity index (χ1n) is 7.06. The molecule has 112 valence electrons. The number of nitrogens with zero attached hydrogens (tertiary/aromatic N) is 2. The Bertz CT molecular complexity index is 680. The smallest absolute Gasteiger partial charge is 0.332 e. The first kappa shape index (κ1) is 13.9. The van der Waals surface area contributed by atoms with Crippen molar-refractivity contribution in [2.75, 3.05) is 7.11 Å². The van der Waals surface area contributed by atoms with E-state index in [9.17, 15) is 4.79 Å². The quantitative estimate of drug-likeness (QED) is 0.935. The molecule has 0 radical (unpaired) electrons. The summed E-state index contributed by atoms with van der Waals surface area (Å²) in [4.78, 5) is 15.7. The molecule has 3 rings (SSSR count). The van der Waals surface area contributed by atoms with Gasteiger partial charge in [-0.15, -0.1) is 0 Å². The first-order valence-corrected chi connectivity index (χ1v) is 7.06. The molecule has 6 nitrogen and oxygen atoms in total. The second-order valence-electron chi connectivity index (χ2n) is 5.10. The maximum atomic E-state index is 11.0. The number of aliphatic carboxylic acids is 1. The van der Waals surface area contributed by atoms with Gasteiger partial charge in [-0.1, -0.05) is 0 Å². The van der Waals surface area contributed by atoms with E-state index in [4.69, 9.17) is 14.6 Å². The number of benzene rings is 1. The van der Waals surface area contributed by atoms with Crippen molar-refractivity contribution in [2.24, 2.45) is 0 Å². The number of aryl methyl sites for hydroxylation is 1. The van der Waals surface area contributed by atoms with Crippen LogP contribution in [0.25, 0.3) is 11.0 Å². The molecule has 6 heteroatoms. The maximum Gasteiger partial charge on any atom is 0.332 e. The zero-order valence-electron chi connectivity index (χ0n) is 12.1. The number of carboxylic acid groups (broad SMARTS) is 1. The van der Waals surface area contributed by atoms with Crippen LogP contribution in [0.5, 0.6) is 5.75 Å². The van der Waals surface area contributed by atoms with Crippen LogP contribution in [0, 0.1) is 0 Å². The predicted molar refractivity (Wildman–Crippen MR) is 76.4 cm³/mol. The second-order valence-corrected chi connectivity index (χ2v) is 5.10. The Morgan fingerprint density at radius 3 is 2.95 bits per heavy atom. The maximum absolute atomic E-state index is 11.0. The summed E-state index contributed by atoms with van der Waals surface area (Å²) in [5.41, 5.74) is 1.85. The normalized spacial score (nSPS) is 21.8. The number of imidazole rings is 1. The number of methoxy groups -OCH3 is 1. The zero-order chi connectivity index (χ0) is 15.0. The number of ether oxygens (including phenoxy) is 2. The van der Waals surface area contributed by atoms with Crippen LogP contribution in [0.15, 0.2) is 18.2 Å². The molecule has 1 saturated heterocycles. The summed E-state index contributed by atoms with van der Waals surface area (Å²) in [6, 6.07) is 5.75. The fraction of sp³-hybridized carbons (Fsp3) is 0.467. The third-order valence-electron chi connectivity index (χ3n) is 3.88. The molecule has 21 heavy (non-hydrogen) atoms. The molecule has 1 aliphatic rings. The monoisotopic (exact) mass is 290 g/mol. The number of aromatic nitrogens is 2. The summed E-state index contributed by atoms with van der Waals surface area (Å²) < 4.78 is 12.9. The number of hydrogen-bond donors (Lipinski definition) is 1. The van der Waals surface area contributed by atoms with Gasteiger partial charge in [0, 0.05) is 12.6 Å². The molecule has 2 heterocycles. The molecule has 1 N–H and O–H groups in total. The fourth-order valence-corrected chi connectivity index (χ4v) is 2.84. The molecule has 1 aromatic carbocycles. The minimum atomic E-state index is -0.904. The lowest BCUT2D eigenvalue weighted by Gasteiger charge is -2.12. The standard InChI is InChI=1S/C15H18N2O4/c1-3-17-11-5-4-9(20-2)8-10(11)16-14(17)12-6-7-13(21-12)15(18)19/h4-5,8,12-13H,3,6-7H2,1-2H3,(H,18,19). The van der Waals surface area contributed by atoms with Gasteiger partial charge in [0.05, 0.1) is 18.1 Å². The molecular formula is C15H18N2O4. The average molecular weight is 290 g/mol. The van der Waals surface area contributed by atoms with Gasteiger partial charge in [-0.25, -0.2) is 9.78 Å². The van der Waals surface area contributed by atoms with Crippen molar-refractivity contribution in [2.45, 2.75) is 38.5 Å². The lowest BCUT2D eigenvalue weighted by molar-refractivity contribution is -0.149. The number of rotatable bonds is 4. The van der Waals surface area contributed by atoms with Crippen LogP contribution in [-0.4, -0.2) is 33.8 Å². The van der Waals surface area contributed by atoms with E-state index in [0.29, 0.717) is 12.8 Å². The second kappa shape index (κ2) is 5.37. The number of hydrogen-bond acceptors (Lipinski definition) is 4. The van der Waals surface area contributed by atoms with Crippen molar-refractivity contribution < 1.29 is 19.4 Å². The first-order chi connectivity index (χ1) is 10.1. The molecule has 0 spiro atoms. The van der Waals surface area contributed by atoms with E-state index in [1.165, 1.54) is 0 Å². The molecule has 2 atom stereocenters.